The van der Waals surface area contributed by atoms with Crippen molar-refractivity contribution in [1.29, 1.82) is 0 Å². The maximum absolute atomic E-state index is 10.8. The highest BCUT2D eigenvalue weighted by atomic mass is 32.2. The summed E-state index contributed by atoms with van der Waals surface area (Å²) in [6, 6.07) is -0.111. The van der Waals surface area contributed by atoms with Gasteiger partial charge < -0.3 is 0 Å². The van der Waals surface area contributed by atoms with Crippen molar-refractivity contribution < 1.29 is 14.3 Å². The highest BCUT2D eigenvalue weighted by Crippen LogP contribution is 2.28. The number of hydrogen-bond acceptors (Lipinski definition) is 4. The minimum absolute atomic E-state index is 0.111. The van der Waals surface area contributed by atoms with E-state index in [2.05, 4.69) is 10.1 Å². The number of fused-ring (bicyclic) bond motifs is 1. The zero-order valence-electron chi connectivity index (χ0n) is 5.48. The molecule has 0 amide bonds. The van der Waals surface area contributed by atoms with Gasteiger partial charge in [0.2, 0.25) is 5.37 Å². The van der Waals surface area contributed by atoms with Crippen LogP contribution in [0.5, 0.6) is 0 Å². The molecule has 1 saturated heterocycles. The molecule has 0 radical (unpaired) electrons. The molecule has 2 aliphatic rings. The molecule has 5 heteroatoms. The van der Waals surface area contributed by atoms with Crippen molar-refractivity contribution in [2.45, 2.75) is 18.3 Å². The topological polar surface area (TPSA) is 41.7 Å². The third-order valence-corrected chi connectivity index (χ3v) is 2.89. The lowest BCUT2D eigenvalue weighted by atomic mass is 10.3. The molecular formula is C5H7N2O2S+. The van der Waals surface area contributed by atoms with E-state index in [4.69, 9.17) is 0 Å². The van der Waals surface area contributed by atoms with Crippen LogP contribution in [0.1, 0.15) is 6.92 Å². The van der Waals surface area contributed by atoms with E-state index >= 15 is 0 Å². The minimum atomic E-state index is -0.211. The number of thioether (sulfide) groups is 1. The van der Waals surface area contributed by atoms with Gasteiger partial charge in [0.15, 0.2) is 5.28 Å². The largest absolute Gasteiger partial charge is 0.411 e. The molecule has 2 unspecified atom stereocenters. The Morgan fingerprint density at radius 2 is 2.70 bits per heavy atom. The lowest BCUT2D eigenvalue weighted by Crippen LogP contribution is -2.26. The molecule has 2 aliphatic heterocycles. The lowest BCUT2D eigenvalue weighted by Gasteiger charge is -1.88. The molecule has 54 valence electrons. The molecule has 4 nitrogen and oxygen atoms in total. The third kappa shape index (κ3) is 0.667. The van der Waals surface area contributed by atoms with Gasteiger partial charge in [-0.05, 0) is 0 Å². The molecule has 0 aliphatic carbocycles. The summed E-state index contributed by atoms with van der Waals surface area (Å²) in [6.45, 7) is 2.01. The average molecular weight is 159 g/mol. The van der Waals surface area contributed by atoms with Crippen molar-refractivity contribution in [3.63, 3.8) is 0 Å². The van der Waals surface area contributed by atoms with Crippen LogP contribution in [0, 0.1) is 0 Å². The van der Waals surface area contributed by atoms with Gasteiger partial charge in [0.1, 0.15) is 0 Å². The minimum Gasteiger partial charge on any atom is -0.261 e. The van der Waals surface area contributed by atoms with Crippen LogP contribution in [0.4, 0.5) is 0 Å². The highest BCUT2D eigenvalue weighted by molar-refractivity contribution is 7.99. The average Bonchev–Trinajstić information content (AvgIpc) is 2.41. The molecule has 0 aromatic heterocycles. The quantitative estimate of drug-likeness (QED) is 0.480. The lowest BCUT2D eigenvalue weighted by molar-refractivity contribution is -0.615. The summed E-state index contributed by atoms with van der Waals surface area (Å²) >= 11 is 1.72. The number of hydrogen-bond donors (Lipinski definition) is 0. The van der Waals surface area contributed by atoms with Gasteiger partial charge in [0, 0.05) is 6.92 Å². The van der Waals surface area contributed by atoms with Gasteiger partial charge in [-0.3, -0.25) is 4.84 Å². The maximum Gasteiger partial charge on any atom is 0.411 e. The molecule has 2 heterocycles. The molecule has 2 rings (SSSR count). The van der Waals surface area contributed by atoms with Crippen molar-refractivity contribution in [2.75, 3.05) is 5.75 Å². The molecule has 0 saturated carbocycles. The first-order chi connectivity index (χ1) is 4.79. The number of nitrogens with zero attached hydrogens (tertiary/aromatic N) is 2. The summed E-state index contributed by atoms with van der Waals surface area (Å²) < 4.78 is 1.72. The van der Waals surface area contributed by atoms with E-state index in [9.17, 15) is 4.79 Å². The van der Waals surface area contributed by atoms with Crippen molar-refractivity contribution in [1.82, 2.24) is 0 Å². The smallest absolute Gasteiger partial charge is 0.261 e. The molecule has 2 atom stereocenters. The first kappa shape index (κ1) is 6.15. The fourth-order valence-electron chi connectivity index (χ4n) is 1.08. The zero-order valence-corrected chi connectivity index (χ0v) is 6.30. The van der Waals surface area contributed by atoms with Crippen LogP contribution in [0.3, 0.4) is 0 Å². The van der Waals surface area contributed by atoms with E-state index in [1.54, 1.807) is 16.5 Å². The number of carbonyl (C=O) groups is 1. The van der Waals surface area contributed by atoms with Crippen LogP contribution in [0.15, 0.2) is 5.28 Å². The van der Waals surface area contributed by atoms with Gasteiger partial charge in [-0.1, -0.05) is 16.5 Å². The van der Waals surface area contributed by atoms with Gasteiger partial charge in [-0.15, -0.1) is 0 Å². The van der Waals surface area contributed by atoms with E-state index in [-0.39, 0.29) is 17.4 Å². The summed E-state index contributed by atoms with van der Waals surface area (Å²) in [5, 5.41) is 3.91. The summed E-state index contributed by atoms with van der Waals surface area (Å²) in [6.07, 6.45) is 0. The fourth-order valence-corrected chi connectivity index (χ4v) is 2.17. The van der Waals surface area contributed by atoms with Crippen molar-refractivity contribution >= 4 is 17.7 Å². The summed E-state index contributed by atoms with van der Waals surface area (Å²) in [5.41, 5.74) is 0. The first-order valence-electron chi connectivity index (χ1n) is 3.11. The standard InChI is InChI=1S/C5H7N2O2S/c1-3-7-4(2-10-3)5(8)9-6-7/h3-4H,2H2,1H3/q+1. The number of carbonyl (C=O) groups excluding carboxylic acids is 1. The Hall–Kier alpha value is -0.580. The molecule has 0 aromatic rings. The zero-order chi connectivity index (χ0) is 7.14. The Morgan fingerprint density at radius 3 is 3.40 bits per heavy atom. The van der Waals surface area contributed by atoms with Gasteiger partial charge in [-0.25, -0.2) is 4.79 Å². The summed E-state index contributed by atoms with van der Waals surface area (Å²) in [7, 11) is 0. The van der Waals surface area contributed by atoms with Crippen molar-refractivity contribution in [3.8, 4) is 0 Å². The molecule has 10 heavy (non-hydrogen) atoms. The monoisotopic (exact) mass is 159 g/mol. The predicted octanol–water partition coefficient (Wildman–Crippen LogP) is 0.384. The van der Waals surface area contributed by atoms with Crippen molar-refractivity contribution in [2.24, 2.45) is 5.28 Å². The van der Waals surface area contributed by atoms with Gasteiger partial charge in [0.05, 0.1) is 5.75 Å². The van der Waals surface area contributed by atoms with Crippen molar-refractivity contribution in [3.05, 3.63) is 0 Å². The summed E-state index contributed by atoms with van der Waals surface area (Å²) in [5.74, 6) is 0.598. The second-order valence-electron chi connectivity index (χ2n) is 2.32. The fraction of sp³-hybridized carbons (Fsp3) is 0.800. The first-order valence-corrected chi connectivity index (χ1v) is 4.15. The Bertz CT molecular complexity index is 216. The van der Waals surface area contributed by atoms with E-state index < -0.39 is 0 Å². The Balaban J connectivity index is 2.28. The summed E-state index contributed by atoms with van der Waals surface area (Å²) in [4.78, 5) is 15.3. The van der Waals surface area contributed by atoms with E-state index in [0.717, 1.165) is 5.75 Å². The van der Waals surface area contributed by atoms with Crippen LogP contribution in [-0.4, -0.2) is 27.8 Å². The van der Waals surface area contributed by atoms with Crippen LogP contribution >= 0.6 is 11.8 Å². The maximum atomic E-state index is 10.8. The molecule has 0 aromatic carbocycles. The predicted molar refractivity (Wildman–Crippen MR) is 34.5 cm³/mol. The second kappa shape index (κ2) is 1.95. The van der Waals surface area contributed by atoms with E-state index in [1.165, 1.54) is 0 Å². The van der Waals surface area contributed by atoms with Crippen LogP contribution in [-0.2, 0) is 9.63 Å². The second-order valence-corrected chi connectivity index (χ2v) is 3.67. The van der Waals surface area contributed by atoms with E-state index in [1.807, 2.05) is 6.92 Å². The molecule has 0 spiro atoms. The van der Waals surface area contributed by atoms with Gasteiger partial charge in [-0.2, -0.15) is 0 Å². The van der Waals surface area contributed by atoms with Crippen LogP contribution in [0.2, 0.25) is 0 Å². The Morgan fingerprint density at radius 1 is 1.90 bits per heavy atom. The Labute approximate surface area is 62.2 Å². The molecule has 0 bridgehead atoms. The Kier molecular flexibility index (Phi) is 1.20. The molecular weight excluding hydrogens is 152 g/mol. The molecule has 1 fully saturated rings. The highest BCUT2D eigenvalue weighted by Gasteiger charge is 2.49. The van der Waals surface area contributed by atoms with Gasteiger partial charge in [0.25, 0.3) is 6.04 Å². The van der Waals surface area contributed by atoms with Crippen LogP contribution < -0.4 is 0 Å². The van der Waals surface area contributed by atoms with E-state index in [0.29, 0.717) is 0 Å². The van der Waals surface area contributed by atoms with Gasteiger partial charge >= 0.3 is 5.97 Å². The third-order valence-electron chi connectivity index (χ3n) is 1.68. The van der Waals surface area contributed by atoms with Crippen LogP contribution in [0.25, 0.3) is 0 Å². The molecule has 0 N–H and O–H groups in total. The SMILES string of the molecule is CC1SCC2C(=O)ON=[N+]12. The number of rotatable bonds is 0. The normalized spacial score (nSPS) is 37.3.